The highest BCUT2D eigenvalue weighted by molar-refractivity contribution is 7.22. The number of nitriles is 1. The quantitative estimate of drug-likeness (QED) is 0.484. The first kappa shape index (κ1) is 24.6. The van der Waals surface area contributed by atoms with E-state index in [4.69, 9.17) is 22.0 Å². The summed E-state index contributed by atoms with van der Waals surface area (Å²) < 4.78 is 14.7. The molecule has 1 aromatic carbocycles. The number of likely N-dealkylation sites (tertiary alicyclic amines) is 1. The maximum Gasteiger partial charge on any atom is 0.327 e. The van der Waals surface area contributed by atoms with Crippen LogP contribution in [0.15, 0.2) is 42.7 Å². The number of hydrogen-bond acceptors (Lipinski definition) is 7. The third-order valence-electron chi connectivity index (χ3n) is 5.11. The summed E-state index contributed by atoms with van der Waals surface area (Å²) in [5.41, 5.74) is 1.07. The van der Waals surface area contributed by atoms with Crippen molar-refractivity contribution < 1.29 is 14.3 Å². The maximum atomic E-state index is 14.0. The van der Waals surface area contributed by atoms with E-state index >= 15 is 0 Å². The summed E-state index contributed by atoms with van der Waals surface area (Å²) in [5, 5.41) is 21.3. The number of carboxylic acid groups (broad SMARTS) is 1. The number of nitrogens with one attached hydrogen (secondary N) is 1. The van der Waals surface area contributed by atoms with Crippen LogP contribution in [0.1, 0.15) is 30.9 Å². The van der Waals surface area contributed by atoms with Gasteiger partial charge in [0, 0.05) is 37.3 Å². The number of benzene rings is 1. The lowest BCUT2D eigenvalue weighted by Gasteiger charge is -2.32. The fourth-order valence-electron chi connectivity index (χ4n) is 3.52. The molecule has 3 aromatic rings. The van der Waals surface area contributed by atoms with Crippen molar-refractivity contribution in [3.05, 3.63) is 64.0 Å². The Kier molecular flexibility index (Phi) is 8.72. The van der Waals surface area contributed by atoms with Crippen LogP contribution in [-0.4, -0.2) is 45.1 Å². The lowest BCUT2D eigenvalue weighted by atomic mass is 10.0. The Hall–Kier alpha value is -3.06. The number of thiophene rings is 1. The number of nitrogens with zero attached hydrogens (tertiary/aromatic N) is 4. The van der Waals surface area contributed by atoms with Gasteiger partial charge in [0.05, 0.1) is 21.4 Å². The van der Waals surface area contributed by atoms with Gasteiger partial charge in [0.25, 0.3) is 0 Å². The van der Waals surface area contributed by atoms with Crippen LogP contribution >= 0.6 is 22.9 Å². The molecule has 0 radical (unpaired) electrons. The molecule has 7 nitrogen and oxygen atoms in total. The van der Waals surface area contributed by atoms with Crippen LogP contribution in [0.2, 0.25) is 4.34 Å². The molecule has 0 spiro atoms. The van der Waals surface area contributed by atoms with Gasteiger partial charge in [-0.15, -0.1) is 11.3 Å². The number of hydrogen-bond donors (Lipinski definition) is 2. The molecule has 0 unspecified atom stereocenters. The van der Waals surface area contributed by atoms with Crippen molar-refractivity contribution in [3.63, 3.8) is 0 Å². The fourth-order valence-corrected chi connectivity index (χ4v) is 4.57. The van der Waals surface area contributed by atoms with Gasteiger partial charge in [-0.05, 0) is 44.0 Å². The molecule has 3 heterocycles. The van der Waals surface area contributed by atoms with Crippen LogP contribution in [-0.2, 0) is 11.3 Å². The van der Waals surface area contributed by atoms with Crippen LogP contribution in [0.25, 0.3) is 10.2 Å². The van der Waals surface area contributed by atoms with Gasteiger partial charge >= 0.3 is 5.97 Å². The molecule has 1 aliphatic heterocycles. The van der Waals surface area contributed by atoms with Crippen LogP contribution in [0.5, 0.6) is 0 Å². The van der Waals surface area contributed by atoms with E-state index in [2.05, 4.69) is 26.3 Å². The summed E-state index contributed by atoms with van der Waals surface area (Å²) in [4.78, 5) is 21.2. The van der Waals surface area contributed by atoms with Gasteiger partial charge in [0.2, 0.25) is 0 Å². The average molecular weight is 488 g/mol. The second-order valence-electron chi connectivity index (χ2n) is 7.44. The topological polar surface area (TPSA) is 102 Å². The van der Waals surface area contributed by atoms with Gasteiger partial charge < -0.3 is 10.4 Å². The zero-order valence-corrected chi connectivity index (χ0v) is 19.5. The monoisotopic (exact) mass is 487 g/mol. The van der Waals surface area contributed by atoms with E-state index in [-0.39, 0.29) is 5.82 Å². The maximum absolute atomic E-state index is 14.0. The van der Waals surface area contributed by atoms with Crippen LogP contribution in [0, 0.1) is 17.1 Å². The molecule has 2 aromatic heterocycles. The molecular formula is C23H23ClFN5O2S. The summed E-state index contributed by atoms with van der Waals surface area (Å²) in [5.74, 6) is -0.334. The molecule has 4 rings (SSSR count). The molecule has 172 valence electrons. The van der Waals surface area contributed by atoms with E-state index < -0.39 is 5.97 Å². The van der Waals surface area contributed by atoms with Crippen molar-refractivity contribution in [2.75, 3.05) is 18.4 Å². The zero-order valence-electron chi connectivity index (χ0n) is 18.0. The molecule has 0 saturated carbocycles. The second kappa shape index (κ2) is 11.7. The SMILES string of the molecule is C/C=C\C(=O)O.N#Cc1ccc(F)c(CN2CCC(Nc3ncnc4sc(Cl)cc34)CC2)c1. The molecule has 1 saturated heterocycles. The van der Waals surface area contributed by atoms with Gasteiger partial charge in [0.15, 0.2) is 0 Å². The summed E-state index contributed by atoms with van der Waals surface area (Å²) in [6.07, 6.45) is 5.98. The number of carboxylic acids is 1. The number of fused-ring (bicyclic) bond motifs is 1. The Balaban J connectivity index is 0.000000454. The third-order valence-corrected chi connectivity index (χ3v) is 6.28. The van der Waals surface area contributed by atoms with E-state index in [9.17, 15) is 9.18 Å². The summed E-state index contributed by atoms with van der Waals surface area (Å²) in [7, 11) is 0. The lowest BCUT2D eigenvalue weighted by Crippen LogP contribution is -2.39. The van der Waals surface area contributed by atoms with Crippen molar-refractivity contribution in [2.45, 2.75) is 32.4 Å². The molecular weight excluding hydrogens is 465 g/mol. The molecule has 10 heteroatoms. The third kappa shape index (κ3) is 6.96. The van der Waals surface area contributed by atoms with Crippen molar-refractivity contribution in [3.8, 4) is 6.07 Å². The first-order valence-corrected chi connectivity index (χ1v) is 11.5. The number of piperidine rings is 1. The summed E-state index contributed by atoms with van der Waals surface area (Å²) >= 11 is 7.54. The Labute approximate surface area is 200 Å². The minimum Gasteiger partial charge on any atom is -0.478 e. The highest BCUT2D eigenvalue weighted by atomic mass is 35.5. The predicted octanol–water partition coefficient (Wildman–Crippen LogP) is 5.08. The minimum absolute atomic E-state index is 0.257. The van der Waals surface area contributed by atoms with Crippen LogP contribution in [0.3, 0.4) is 0 Å². The zero-order chi connectivity index (χ0) is 23.8. The number of aromatic nitrogens is 2. The normalized spacial score (nSPS) is 14.6. The minimum atomic E-state index is -0.891. The Bertz CT molecular complexity index is 1190. The van der Waals surface area contributed by atoms with Crippen molar-refractivity contribution in [1.29, 1.82) is 5.26 Å². The van der Waals surface area contributed by atoms with E-state index in [1.807, 2.05) is 6.07 Å². The number of carbonyl (C=O) groups is 1. The van der Waals surface area contributed by atoms with E-state index in [0.29, 0.717) is 28.0 Å². The van der Waals surface area contributed by atoms with Crippen LogP contribution in [0.4, 0.5) is 10.2 Å². The summed E-state index contributed by atoms with van der Waals surface area (Å²) in [6, 6.07) is 8.77. The second-order valence-corrected chi connectivity index (χ2v) is 9.10. The number of rotatable bonds is 5. The Morgan fingerprint density at radius 1 is 1.39 bits per heavy atom. The highest BCUT2D eigenvalue weighted by Gasteiger charge is 2.21. The molecule has 0 atom stereocenters. The van der Waals surface area contributed by atoms with Crippen LogP contribution < -0.4 is 5.32 Å². The number of halogens is 2. The number of allylic oxidation sites excluding steroid dienone is 1. The standard InChI is InChI=1S/C19H17ClFN5S.C4H6O2/c20-17-8-15-18(23-11-24-19(15)27-17)25-14-3-5-26(6-4-14)10-13-7-12(9-22)1-2-16(13)21;1-2-3-4(5)6/h1-2,7-8,11,14H,3-6,10H2,(H,23,24,25);2-3H,1H3,(H,5,6)/b;3-2-. The smallest absolute Gasteiger partial charge is 0.327 e. The largest absolute Gasteiger partial charge is 0.478 e. The average Bonchev–Trinajstić information content (AvgIpc) is 3.18. The lowest BCUT2D eigenvalue weighted by molar-refractivity contribution is -0.131. The highest BCUT2D eigenvalue weighted by Crippen LogP contribution is 2.32. The van der Waals surface area contributed by atoms with E-state index in [1.54, 1.807) is 19.3 Å². The summed E-state index contributed by atoms with van der Waals surface area (Å²) in [6.45, 7) is 3.89. The molecule has 0 bridgehead atoms. The van der Waals surface area contributed by atoms with Gasteiger partial charge in [-0.25, -0.2) is 19.2 Å². The van der Waals surface area contributed by atoms with Crippen molar-refractivity contribution in [2.24, 2.45) is 0 Å². The first-order valence-electron chi connectivity index (χ1n) is 10.3. The van der Waals surface area contributed by atoms with Gasteiger partial charge in [-0.1, -0.05) is 17.7 Å². The predicted molar refractivity (Wildman–Crippen MR) is 128 cm³/mol. The van der Waals surface area contributed by atoms with Crippen molar-refractivity contribution >= 4 is 44.9 Å². The van der Waals surface area contributed by atoms with Gasteiger partial charge in [-0.2, -0.15) is 5.26 Å². The van der Waals surface area contributed by atoms with Crippen molar-refractivity contribution in [1.82, 2.24) is 14.9 Å². The molecule has 2 N–H and O–H groups in total. The van der Waals surface area contributed by atoms with E-state index in [1.165, 1.54) is 29.5 Å². The molecule has 0 amide bonds. The fraction of sp³-hybridized carbons (Fsp3) is 0.304. The molecule has 1 aliphatic rings. The molecule has 33 heavy (non-hydrogen) atoms. The molecule has 0 aliphatic carbocycles. The number of aliphatic carboxylic acids is 1. The Morgan fingerprint density at radius 3 is 2.79 bits per heavy atom. The Morgan fingerprint density at radius 2 is 2.15 bits per heavy atom. The number of anilines is 1. The first-order chi connectivity index (χ1) is 15.9. The molecule has 1 fully saturated rings. The van der Waals surface area contributed by atoms with E-state index in [0.717, 1.165) is 48.0 Å². The van der Waals surface area contributed by atoms with Gasteiger partial charge in [-0.3, -0.25) is 4.90 Å². The van der Waals surface area contributed by atoms with Gasteiger partial charge in [0.1, 0.15) is 22.8 Å².